The number of carbonyl (C=O) groups is 1. The molecule has 3 aromatic carbocycles. The lowest BCUT2D eigenvalue weighted by Crippen LogP contribution is -2.30. The summed E-state index contributed by atoms with van der Waals surface area (Å²) < 4.78 is 18.0. The van der Waals surface area contributed by atoms with E-state index in [0.29, 0.717) is 24.9 Å². The van der Waals surface area contributed by atoms with Crippen LogP contribution in [0.1, 0.15) is 58.0 Å². The topological polar surface area (TPSA) is 60.4 Å². The van der Waals surface area contributed by atoms with Crippen LogP contribution in [0.5, 0.6) is 17.2 Å². The quantitative estimate of drug-likeness (QED) is 0.469. The first-order chi connectivity index (χ1) is 17.7. The summed E-state index contributed by atoms with van der Waals surface area (Å²) in [6, 6.07) is 21.4. The molecule has 36 heavy (non-hydrogen) atoms. The molecule has 2 aliphatic carbocycles. The molecule has 3 atom stereocenters. The van der Waals surface area contributed by atoms with Gasteiger partial charge in [0.15, 0.2) is 17.3 Å². The number of aliphatic imine (C=N–C) groups is 1. The van der Waals surface area contributed by atoms with Crippen molar-refractivity contribution < 1.29 is 19.0 Å². The lowest BCUT2D eigenvalue weighted by Gasteiger charge is -2.28. The highest BCUT2D eigenvalue weighted by Crippen LogP contribution is 2.40. The van der Waals surface area contributed by atoms with Crippen LogP contribution >= 0.6 is 0 Å². The van der Waals surface area contributed by atoms with E-state index in [-0.39, 0.29) is 18.7 Å². The van der Waals surface area contributed by atoms with Gasteiger partial charge in [-0.15, -0.1) is 0 Å². The molecular weight excluding hydrogens is 452 g/mol. The van der Waals surface area contributed by atoms with Crippen molar-refractivity contribution in [1.29, 1.82) is 0 Å². The molecule has 0 aromatic heterocycles. The minimum Gasteiger partial charge on any atom is -0.484 e. The van der Waals surface area contributed by atoms with E-state index < -0.39 is 0 Å². The number of carbonyl (C=O) groups excluding carboxylic acids is 1. The highest BCUT2D eigenvalue weighted by molar-refractivity contribution is 5.99. The van der Waals surface area contributed by atoms with Gasteiger partial charge in [-0.1, -0.05) is 36.4 Å². The zero-order valence-electron chi connectivity index (χ0n) is 20.1. The summed E-state index contributed by atoms with van der Waals surface area (Å²) in [5, 5.41) is 0. The first kappa shape index (κ1) is 21.5. The summed E-state index contributed by atoms with van der Waals surface area (Å²) in [6.07, 6.45) is 6.01. The Hall–Kier alpha value is -3.80. The van der Waals surface area contributed by atoms with Gasteiger partial charge in [0, 0.05) is 24.0 Å². The maximum Gasteiger partial charge on any atom is 0.231 e. The van der Waals surface area contributed by atoms with Gasteiger partial charge in [-0.2, -0.15) is 0 Å². The number of fused-ring (bicyclic) bond motifs is 3. The molecule has 1 fully saturated rings. The summed E-state index contributed by atoms with van der Waals surface area (Å²) >= 11 is 0. The molecule has 3 aromatic rings. The minimum absolute atomic E-state index is 0.148. The molecule has 0 N–H and O–H groups in total. The first-order valence-electron chi connectivity index (χ1n) is 12.8. The van der Waals surface area contributed by atoms with Crippen molar-refractivity contribution in [2.75, 3.05) is 13.3 Å². The second-order valence-electron chi connectivity index (χ2n) is 10.1. The Morgan fingerprint density at radius 3 is 2.75 bits per heavy atom. The number of ether oxygens (including phenoxy) is 3. The van der Waals surface area contributed by atoms with E-state index in [2.05, 4.69) is 40.2 Å². The van der Waals surface area contributed by atoms with Gasteiger partial charge in [0.1, 0.15) is 11.9 Å². The molecule has 0 saturated heterocycles. The third-order valence-electron chi connectivity index (χ3n) is 7.71. The molecule has 0 bridgehead atoms. The van der Waals surface area contributed by atoms with E-state index in [4.69, 9.17) is 14.2 Å². The molecule has 6 nitrogen and oxygen atoms in total. The Morgan fingerprint density at radius 1 is 1.03 bits per heavy atom. The van der Waals surface area contributed by atoms with E-state index >= 15 is 0 Å². The van der Waals surface area contributed by atoms with Crippen molar-refractivity contribution in [3.63, 3.8) is 0 Å². The van der Waals surface area contributed by atoms with Crippen LogP contribution in [0.4, 0.5) is 0 Å². The van der Waals surface area contributed by atoms with Crippen molar-refractivity contribution in [2.45, 2.75) is 50.3 Å². The van der Waals surface area contributed by atoms with Crippen molar-refractivity contribution in [3.05, 3.63) is 88.5 Å². The fraction of sp³-hybridized carbons (Fsp3) is 0.333. The SMILES string of the molecule is O=C1CCCc2c1ccc(O[C@H](CN1C=NC3CC31)c1ccccc1)c2Cc1ccc2c(c1)OCO2. The first-order valence-corrected chi connectivity index (χ1v) is 12.8. The molecule has 2 aliphatic heterocycles. The predicted octanol–water partition coefficient (Wildman–Crippen LogP) is 5.13. The van der Waals surface area contributed by atoms with Gasteiger partial charge in [0.25, 0.3) is 0 Å². The number of Topliss-reactive ketones (excluding diaryl/α,β-unsaturated/α-hetero) is 1. The molecular formula is C30H28N2O4. The van der Waals surface area contributed by atoms with Crippen LogP contribution in [0.15, 0.2) is 65.7 Å². The van der Waals surface area contributed by atoms with E-state index in [1.54, 1.807) is 0 Å². The zero-order valence-corrected chi connectivity index (χ0v) is 20.1. The number of hydrogen-bond acceptors (Lipinski definition) is 6. The Morgan fingerprint density at radius 2 is 1.92 bits per heavy atom. The molecule has 4 aliphatic rings. The maximum atomic E-state index is 12.8. The highest BCUT2D eigenvalue weighted by atomic mass is 16.7. The lowest BCUT2D eigenvalue weighted by atomic mass is 9.85. The van der Waals surface area contributed by atoms with Crippen LogP contribution in [0.25, 0.3) is 0 Å². The summed E-state index contributed by atoms with van der Waals surface area (Å²) in [5.41, 5.74) is 5.31. The average molecular weight is 481 g/mol. The van der Waals surface area contributed by atoms with Crippen molar-refractivity contribution in [1.82, 2.24) is 4.90 Å². The lowest BCUT2D eigenvalue weighted by molar-refractivity contribution is 0.0972. The number of hydrogen-bond donors (Lipinski definition) is 0. The number of nitrogens with zero attached hydrogens (tertiary/aromatic N) is 2. The Labute approximate surface area is 210 Å². The molecule has 1 saturated carbocycles. The molecule has 2 heterocycles. The smallest absolute Gasteiger partial charge is 0.231 e. The Balaban J connectivity index is 1.26. The predicted molar refractivity (Wildman–Crippen MR) is 136 cm³/mol. The summed E-state index contributed by atoms with van der Waals surface area (Å²) in [5.74, 6) is 2.61. The molecule has 7 rings (SSSR count). The van der Waals surface area contributed by atoms with E-state index in [1.165, 1.54) is 0 Å². The van der Waals surface area contributed by atoms with Crippen LogP contribution in [0.2, 0.25) is 0 Å². The van der Waals surface area contributed by atoms with Crippen molar-refractivity contribution in [3.8, 4) is 17.2 Å². The van der Waals surface area contributed by atoms with Crippen molar-refractivity contribution >= 4 is 12.1 Å². The summed E-state index contributed by atoms with van der Waals surface area (Å²) in [6.45, 7) is 0.997. The standard InChI is InChI=1S/C30H28N2O4/c33-26-8-4-7-21-22(26)10-12-27(23(21)13-19-9-11-28-29(14-19)35-18-34-28)36-30(20-5-2-1-3-6-20)16-32-17-31-24-15-25(24)32/h1-3,5-6,9-12,14,17,24-25,30H,4,7-8,13,15-16,18H2/t24?,25?,30-/m1/s1. The fourth-order valence-electron chi connectivity index (χ4n) is 5.69. The van der Waals surface area contributed by atoms with Crippen LogP contribution in [0, 0.1) is 0 Å². The third kappa shape index (κ3) is 3.91. The zero-order chi connectivity index (χ0) is 24.1. The van der Waals surface area contributed by atoms with Gasteiger partial charge in [0.05, 0.1) is 25.0 Å². The largest absolute Gasteiger partial charge is 0.484 e. The monoisotopic (exact) mass is 480 g/mol. The fourth-order valence-corrected chi connectivity index (χ4v) is 5.69. The molecule has 0 radical (unpaired) electrons. The second kappa shape index (κ2) is 8.70. The van der Waals surface area contributed by atoms with Gasteiger partial charge in [-0.3, -0.25) is 9.79 Å². The van der Waals surface area contributed by atoms with Crippen LogP contribution in [0.3, 0.4) is 0 Å². The minimum atomic E-state index is -0.148. The van der Waals surface area contributed by atoms with Gasteiger partial charge in [-0.25, -0.2) is 0 Å². The van der Waals surface area contributed by atoms with Crippen molar-refractivity contribution in [2.24, 2.45) is 4.99 Å². The van der Waals surface area contributed by atoms with Gasteiger partial charge in [-0.05, 0) is 60.2 Å². The van der Waals surface area contributed by atoms with Crippen LogP contribution < -0.4 is 14.2 Å². The normalized spacial score (nSPS) is 21.8. The third-order valence-corrected chi connectivity index (χ3v) is 7.71. The van der Waals surface area contributed by atoms with Crippen LogP contribution in [-0.4, -0.2) is 42.4 Å². The number of rotatable bonds is 7. The number of ketones is 1. The summed E-state index contributed by atoms with van der Waals surface area (Å²) in [4.78, 5) is 19.7. The van der Waals surface area contributed by atoms with E-state index in [0.717, 1.165) is 70.9 Å². The molecule has 0 spiro atoms. The van der Waals surface area contributed by atoms with Crippen LogP contribution in [-0.2, 0) is 12.8 Å². The molecule has 182 valence electrons. The summed E-state index contributed by atoms with van der Waals surface area (Å²) in [7, 11) is 0. The second-order valence-corrected chi connectivity index (χ2v) is 10.1. The van der Waals surface area contributed by atoms with E-state index in [1.807, 2.05) is 36.7 Å². The van der Waals surface area contributed by atoms with Gasteiger partial charge in [0.2, 0.25) is 6.79 Å². The number of benzene rings is 3. The van der Waals surface area contributed by atoms with E-state index in [9.17, 15) is 4.79 Å². The Bertz CT molecular complexity index is 1350. The molecule has 6 heteroatoms. The molecule has 2 unspecified atom stereocenters. The highest BCUT2D eigenvalue weighted by Gasteiger charge is 2.45. The van der Waals surface area contributed by atoms with Gasteiger partial charge < -0.3 is 19.1 Å². The Kier molecular flexibility index (Phi) is 5.19. The van der Waals surface area contributed by atoms with Gasteiger partial charge >= 0.3 is 0 Å². The maximum absolute atomic E-state index is 12.8. The average Bonchev–Trinajstić information content (AvgIpc) is 3.34. The molecule has 0 amide bonds.